The van der Waals surface area contributed by atoms with Crippen molar-refractivity contribution in [1.82, 2.24) is 10.2 Å². The molecule has 0 radical (unpaired) electrons. The summed E-state index contributed by atoms with van der Waals surface area (Å²) in [6.45, 7) is 4.61. The molecule has 1 aliphatic heterocycles. The Labute approximate surface area is 153 Å². The van der Waals surface area contributed by atoms with Crippen LogP contribution >= 0.6 is 0 Å². The molecule has 1 saturated heterocycles. The van der Waals surface area contributed by atoms with E-state index >= 15 is 0 Å². The van der Waals surface area contributed by atoms with Crippen molar-refractivity contribution in [3.63, 3.8) is 0 Å². The molecule has 0 aromatic heterocycles. The molecule has 1 heterocycles. The second kappa shape index (κ2) is 7.66. The number of hydrogen-bond donors (Lipinski definition) is 1. The smallest absolute Gasteiger partial charge is 0.269 e. The van der Waals surface area contributed by atoms with Gasteiger partial charge in [-0.25, -0.2) is 0 Å². The lowest BCUT2D eigenvalue weighted by Gasteiger charge is -2.35. The molecule has 6 heteroatoms. The summed E-state index contributed by atoms with van der Waals surface area (Å²) in [7, 11) is 0. The Kier molecular flexibility index (Phi) is 5.32. The van der Waals surface area contributed by atoms with Gasteiger partial charge in [-0.2, -0.15) is 0 Å². The van der Waals surface area contributed by atoms with Crippen LogP contribution in [-0.4, -0.2) is 34.4 Å². The van der Waals surface area contributed by atoms with Gasteiger partial charge in [0.15, 0.2) is 0 Å². The third-order valence-corrected chi connectivity index (χ3v) is 5.09. The van der Waals surface area contributed by atoms with E-state index < -0.39 is 4.92 Å². The lowest BCUT2D eigenvalue weighted by molar-refractivity contribution is -0.384. The number of non-ortho nitro benzene ring substituents is 1. The molecule has 26 heavy (non-hydrogen) atoms. The van der Waals surface area contributed by atoms with Crippen LogP contribution in [0.2, 0.25) is 0 Å². The van der Waals surface area contributed by atoms with Crippen molar-refractivity contribution < 1.29 is 9.72 Å². The number of rotatable bonds is 6. The molecule has 0 aliphatic carbocycles. The number of nitro benzene ring substituents is 1. The zero-order valence-electron chi connectivity index (χ0n) is 14.9. The first-order valence-corrected chi connectivity index (χ1v) is 8.80. The lowest BCUT2D eigenvalue weighted by Crippen LogP contribution is -2.49. The predicted molar refractivity (Wildman–Crippen MR) is 99.9 cm³/mol. The zero-order valence-corrected chi connectivity index (χ0v) is 14.9. The number of benzene rings is 2. The highest BCUT2D eigenvalue weighted by molar-refractivity contribution is 5.94. The van der Waals surface area contributed by atoms with E-state index in [0.29, 0.717) is 12.1 Å². The fraction of sp³-hybridized carbons (Fsp3) is 0.350. The van der Waals surface area contributed by atoms with E-state index in [1.54, 1.807) is 0 Å². The molecular weight excluding hydrogens is 330 g/mol. The van der Waals surface area contributed by atoms with Crippen molar-refractivity contribution in [3.05, 3.63) is 75.8 Å². The highest BCUT2D eigenvalue weighted by atomic mass is 16.6. The molecule has 1 aliphatic rings. The number of carbonyl (C=O) groups excluding carboxylic acids is 1. The van der Waals surface area contributed by atoms with E-state index in [1.807, 2.05) is 18.2 Å². The summed E-state index contributed by atoms with van der Waals surface area (Å²) >= 11 is 0. The van der Waals surface area contributed by atoms with Crippen LogP contribution in [0.5, 0.6) is 0 Å². The highest BCUT2D eigenvalue weighted by Gasteiger charge is 2.36. The van der Waals surface area contributed by atoms with Crippen LogP contribution in [-0.2, 0) is 6.54 Å². The molecule has 1 amide bonds. The number of nitro groups is 1. The molecule has 1 fully saturated rings. The number of hydrogen-bond acceptors (Lipinski definition) is 4. The molecule has 3 rings (SSSR count). The van der Waals surface area contributed by atoms with E-state index in [4.69, 9.17) is 0 Å². The van der Waals surface area contributed by atoms with Gasteiger partial charge in [0.2, 0.25) is 0 Å². The summed E-state index contributed by atoms with van der Waals surface area (Å²) in [6, 6.07) is 16.0. The van der Waals surface area contributed by atoms with E-state index in [2.05, 4.69) is 29.3 Å². The maximum atomic E-state index is 12.4. The van der Waals surface area contributed by atoms with Gasteiger partial charge in [0.05, 0.1) is 4.92 Å². The second-order valence-corrected chi connectivity index (χ2v) is 6.99. The van der Waals surface area contributed by atoms with Crippen LogP contribution in [0.25, 0.3) is 0 Å². The minimum atomic E-state index is -0.470. The first-order chi connectivity index (χ1) is 12.5. The molecule has 1 N–H and O–H groups in total. The summed E-state index contributed by atoms with van der Waals surface area (Å²) in [5.74, 6) is -0.201. The number of amides is 1. The maximum absolute atomic E-state index is 12.4. The Morgan fingerprint density at radius 1 is 1.19 bits per heavy atom. The van der Waals surface area contributed by atoms with Crippen LogP contribution in [0.3, 0.4) is 0 Å². The third-order valence-electron chi connectivity index (χ3n) is 5.09. The minimum Gasteiger partial charge on any atom is -0.350 e. The molecule has 1 atom stereocenters. The molecule has 0 bridgehead atoms. The monoisotopic (exact) mass is 353 g/mol. The molecule has 6 nitrogen and oxygen atoms in total. The summed E-state index contributed by atoms with van der Waals surface area (Å²) in [5, 5.41) is 13.7. The maximum Gasteiger partial charge on any atom is 0.269 e. The van der Waals surface area contributed by atoms with Crippen LogP contribution in [0.1, 0.15) is 35.7 Å². The summed E-state index contributed by atoms with van der Waals surface area (Å²) in [6.07, 6.45) is 2.14. The van der Waals surface area contributed by atoms with Gasteiger partial charge in [0, 0.05) is 36.3 Å². The van der Waals surface area contributed by atoms with Crippen LogP contribution in [0.4, 0.5) is 5.69 Å². The van der Waals surface area contributed by atoms with E-state index in [1.165, 1.54) is 29.8 Å². The number of carbonyl (C=O) groups is 1. The molecule has 2 aromatic rings. The third kappa shape index (κ3) is 4.08. The van der Waals surface area contributed by atoms with E-state index in [9.17, 15) is 14.9 Å². The normalized spacial score (nSPS) is 20.0. The highest BCUT2D eigenvalue weighted by Crippen LogP contribution is 2.30. The standard InChI is InChI=1S/C20H23N3O3/c1-20(12-5-13-22(20)14-16-6-3-2-4-7-16)15-21-19(24)17-8-10-18(11-9-17)23(25)26/h2-4,6-11H,5,12-15H2,1H3,(H,21,24)/t20-/m0/s1. The van der Waals surface area contributed by atoms with E-state index in [-0.39, 0.29) is 17.1 Å². The van der Waals surface area contributed by atoms with Gasteiger partial charge < -0.3 is 5.32 Å². The lowest BCUT2D eigenvalue weighted by atomic mass is 9.98. The van der Waals surface area contributed by atoms with Gasteiger partial charge in [0.1, 0.15) is 0 Å². The van der Waals surface area contributed by atoms with Gasteiger partial charge >= 0.3 is 0 Å². The Balaban J connectivity index is 1.61. The zero-order chi connectivity index (χ0) is 18.6. The minimum absolute atomic E-state index is 0.0154. The second-order valence-electron chi connectivity index (χ2n) is 6.99. The van der Waals surface area contributed by atoms with Crippen molar-refractivity contribution in [1.29, 1.82) is 0 Å². The average Bonchev–Trinajstić information content (AvgIpc) is 3.01. The Morgan fingerprint density at radius 2 is 1.88 bits per heavy atom. The Morgan fingerprint density at radius 3 is 2.54 bits per heavy atom. The largest absolute Gasteiger partial charge is 0.350 e. The summed E-state index contributed by atoms with van der Waals surface area (Å²) in [5.41, 5.74) is 1.60. The van der Waals surface area contributed by atoms with Crippen molar-refractivity contribution in [3.8, 4) is 0 Å². The van der Waals surface area contributed by atoms with Crippen molar-refractivity contribution in [2.24, 2.45) is 0 Å². The SMILES string of the molecule is C[C@@]1(CNC(=O)c2ccc([N+](=O)[O-])cc2)CCCN1Cc1ccccc1. The van der Waals surface area contributed by atoms with Gasteiger partial charge in [-0.3, -0.25) is 19.8 Å². The quantitative estimate of drug-likeness (QED) is 0.638. The predicted octanol–water partition coefficient (Wildman–Crippen LogP) is 3.38. The first kappa shape index (κ1) is 18.1. The van der Waals surface area contributed by atoms with Crippen LogP contribution in [0.15, 0.2) is 54.6 Å². The summed E-state index contributed by atoms with van der Waals surface area (Å²) < 4.78 is 0. The van der Waals surface area contributed by atoms with Crippen LogP contribution < -0.4 is 5.32 Å². The number of nitrogens with zero attached hydrogens (tertiary/aromatic N) is 2. The summed E-state index contributed by atoms with van der Waals surface area (Å²) in [4.78, 5) is 25.0. The van der Waals surface area contributed by atoms with Crippen molar-refractivity contribution in [2.45, 2.75) is 31.8 Å². The Hall–Kier alpha value is -2.73. The van der Waals surface area contributed by atoms with Gasteiger partial charge in [-0.15, -0.1) is 0 Å². The molecule has 0 spiro atoms. The fourth-order valence-electron chi connectivity index (χ4n) is 3.46. The molecule has 136 valence electrons. The van der Waals surface area contributed by atoms with Gasteiger partial charge in [0.25, 0.3) is 11.6 Å². The number of nitrogens with one attached hydrogen (secondary N) is 1. The fourth-order valence-corrected chi connectivity index (χ4v) is 3.46. The van der Waals surface area contributed by atoms with E-state index in [0.717, 1.165) is 25.9 Å². The topological polar surface area (TPSA) is 75.5 Å². The van der Waals surface area contributed by atoms with Gasteiger partial charge in [-0.1, -0.05) is 30.3 Å². The molecule has 0 unspecified atom stereocenters. The molecule has 2 aromatic carbocycles. The Bertz CT molecular complexity index is 777. The molecule has 0 saturated carbocycles. The van der Waals surface area contributed by atoms with Crippen molar-refractivity contribution in [2.75, 3.05) is 13.1 Å². The van der Waals surface area contributed by atoms with Crippen LogP contribution in [0, 0.1) is 10.1 Å². The molecular formula is C20H23N3O3. The van der Waals surface area contributed by atoms with Crippen molar-refractivity contribution >= 4 is 11.6 Å². The average molecular weight is 353 g/mol. The number of likely N-dealkylation sites (tertiary alicyclic amines) is 1. The first-order valence-electron chi connectivity index (χ1n) is 8.80. The van der Waals surface area contributed by atoms with Gasteiger partial charge in [-0.05, 0) is 44.0 Å².